The molecule has 1 heterocycles. The highest BCUT2D eigenvalue weighted by Gasteiger charge is 2.09. The minimum Gasteiger partial charge on any atom is -0.370 e. The number of rotatable bonds is 6. The highest BCUT2D eigenvalue weighted by Crippen LogP contribution is 2.01. The smallest absolute Gasteiger partial charge is 0.188 e. The molecule has 0 bridgehead atoms. The van der Waals surface area contributed by atoms with Gasteiger partial charge in [-0.05, 0) is 45.7 Å². The number of aromatic nitrogens is 1. The molecule has 0 aliphatic heterocycles. The number of nitrogens with zero attached hydrogens (tertiary/aromatic N) is 2. The molecule has 106 valence electrons. The summed E-state index contributed by atoms with van der Waals surface area (Å²) in [6.07, 6.45) is 3.83. The Hall–Kier alpha value is -1.78. The normalized spacial score (nSPS) is 12.3. The Kier molecular flexibility index (Phi) is 6.12. The molecule has 0 unspecified atom stereocenters. The standard InChI is InChI=1S/C14H25N5/c1-14(2,3)19-13(15)18-11-7-6-10-17-12-8-4-5-9-16-12/h4-5,8-9H,6-7,10-11H2,1-3H3,(H,16,17)(H3,15,18,19). The van der Waals surface area contributed by atoms with Gasteiger partial charge in [-0.1, -0.05) is 6.07 Å². The van der Waals surface area contributed by atoms with Crippen LogP contribution in [0.5, 0.6) is 0 Å². The minimum absolute atomic E-state index is 0.0336. The van der Waals surface area contributed by atoms with E-state index in [0.29, 0.717) is 5.96 Å². The van der Waals surface area contributed by atoms with Gasteiger partial charge in [0.1, 0.15) is 5.82 Å². The summed E-state index contributed by atoms with van der Waals surface area (Å²) in [6.45, 7) is 7.84. The van der Waals surface area contributed by atoms with Gasteiger partial charge in [-0.3, -0.25) is 4.99 Å². The molecule has 1 aromatic heterocycles. The van der Waals surface area contributed by atoms with Crippen molar-refractivity contribution in [3.05, 3.63) is 24.4 Å². The SMILES string of the molecule is CC(C)(C)NC(N)=NCCCCNc1ccccn1. The number of aliphatic imine (C=N–C) groups is 1. The van der Waals surface area contributed by atoms with E-state index in [0.717, 1.165) is 31.7 Å². The molecule has 0 aliphatic carbocycles. The van der Waals surface area contributed by atoms with Crippen molar-refractivity contribution in [1.29, 1.82) is 0 Å². The molecule has 4 N–H and O–H groups in total. The van der Waals surface area contributed by atoms with Crippen molar-refractivity contribution in [2.75, 3.05) is 18.4 Å². The van der Waals surface area contributed by atoms with Gasteiger partial charge < -0.3 is 16.4 Å². The first-order valence-corrected chi connectivity index (χ1v) is 6.70. The number of pyridine rings is 1. The van der Waals surface area contributed by atoms with Gasteiger partial charge in [-0.2, -0.15) is 0 Å². The molecule has 0 saturated heterocycles. The molecule has 1 rings (SSSR count). The van der Waals surface area contributed by atoms with Crippen LogP contribution in [0, 0.1) is 0 Å². The van der Waals surface area contributed by atoms with Gasteiger partial charge in [0.05, 0.1) is 0 Å². The third kappa shape index (κ3) is 8.02. The molecule has 0 fully saturated rings. The molecular formula is C14H25N5. The average molecular weight is 263 g/mol. The van der Waals surface area contributed by atoms with Crippen molar-refractivity contribution >= 4 is 11.8 Å². The second-order valence-electron chi connectivity index (χ2n) is 5.49. The molecule has 0 spiro atoms. The summed E-state index contributed by atoms with van der Waals surface area (Å²) >= 11 is 0. The van der Waals surface area contributed by atoms with Gasteiger partial charge in [-0.15, -0.1) is 0 Å². The zero-order chi connectivity index (χ0) is 14.1. The molecule has 0 saturated carbocycles. The van der Waals surface area contributed by atoms with Gasteiger partial charge in [0.2, 0.25) is 0 Å². The fourth-order valence-electron chi connectivity index (χ4n) is 1.54. The lowest BCUT2D eigenvalue weighted by Crippen LogP contribution is -2.45. The van der Waals surface area contributed by atoms with Crippen LogP contribution < -0.4 is 16.4 Å². The molecule has 5 nitrogen and oxygen atoms in total. The van der Waals surface area contributed by atoms with Crippen LogP contribution in [0.2, 0.25) is 0 Å². The minimum atomic E-state index is -0.0336. The maximum absolute atomic E-state index is 5.78. The van der Waals surface area contributed by atoms with E-state index in [1.54, 1.807) is 6.20 Å². The maximum atomic E-state index is 5.78. The molecular weight excluding hydrogens is 238 g/mol. The monoisotopic (exact) mass is 263 g/mol. The molecule has 0 atom stereocenters. The summed E-state index contributed by atoms with van der Waals surface area (Å²) in [6, 6.07) is 5.84. The van der Waals surface area contributed by atoms with E-state index in [-0.39, 0.29) is 5.54 Å². The van der Waals surface area contributed by atoms with Crippen molar-refractivity contribution in [1.82, 2.24) is 10.3 Å². The van der Waals surface area contributed by atoms with Gasteiger partial charge >= 0.3 is 0 Å². The van der Waals surface area contributed by atoms with Crippen molar-refractivity contribution in [3.63, 3.8) is 0 Å². The van der Waals surface area contributed by atoms with Crippen LogP contribution in [0.1, 0.15) is 33.6 Å². The van der Waals surface area contributed by atoms with E-state index in [9.17, 15) is 0 Å². The van der Waals surface area contributed by atoms with E-state index in [4.69, 9.17) is 5.73 Å². The second-order valence-corrected chi connectivity index (χ2v) is 5.49. The number of guanidine groups is 1. The molecule has 1 aromatic rings. The summed E-state index contributed by atoms with van der Waals surface area (Å²) in [7, 11) is 0. The molecule has 5 heteroatoms. The van der Waals surface area contributed by atoms with Crippen LogP contribution in [0.3, 0.4) is 0 Å². The van der Waals surface area contributed by atoms with Crippen LogP contribution in [-0.4, -0.2) is 29.6 Å². The average Bonchev–Trinajstić information content (AvgIpc) is 2.32. The van der Waals surface area contributed by atoms with E-state index in [1.807, 2.05) is 18.2 Å². The number of unbranched alkanes of at least 4 members (excludes halogenated alkanes) is 1. The van der Waals surface area contributed by atoms with Crippen molar-refractivity contribution < 1.29 is 0 Å². The lowest BCUT2D eigenvalue weighted by atomic mass is 10.1. The largest absolute Gasteiger partial charge is 0.370 e. The first-order valence-electron chi connectivity index (χ1n) is 6.70. The molecule has 0 aromatic carbocycles. The summed E-state index contributed by atoms with van der Waals surface area (Å²) in [5.74, 6) is 1.44. The Morgan fingerprint density at radius 1 is 1.32 bits per heavy atom. The lowest BCUT2D eigenvalue weighted by Gasteiger charge is -2.20. The van der Waals surface area contributed by atoms with Gasteiger partial charge in [-0.25, -0.2) is 4.98 Å². The van der Waals surface area contributed by atoms with E-state index in [2.05, 4.69) is 41.4 Å². The first kappa shape index (κ1) is 15.3. The van der Waals surface area contributed by atoms with Gasteiger partial charge in [0.25, 0.3) is 0 Å². The Bertz CT molecular complexity index is 381. The third-order valence-corrected chi connectivity index (χ3v) is 2.34. The Morgan fingerprint density at radius 3 is 2.74 bits per heavy atom. The van der Waals surface area contributed by atoms with Crippen LogP contribution >= 0.6 is 0 Å². The number of nitrogens with one attached hydrogen (secondary N) is 2. The lowest BCUT2D eigenvalue weighted by molar-refractivity contribution is 0.508. The highest BCUT2D eigenvalue weighted by atomic mass is 15.1. The summed E-state index contributed by atoms with van der Waals surface area (Å²) in [4.78, 5) is 8.49. The molecule has 0 radical (unpaired) electrons. The Morgan fingerprint density at radius 2 is 2.11 bits per heavy atom. The van der Waals surface area contributed by atoms with Crippen LogP contribution in [-0.2, 0) is 0 Å². The predicted octanol–water partition coefficient (Wildman–Crippen LogP) is 1.98. The van der Waals surface area contributed by atoms with Gasteiger partial charge in [0.15, 0.2) is 5.96 Å². The fraction of sp³-hybridized carbons (Fsp3) is 0.571. The topological polar surface area (TPSA) is 75.3 Å². The Labute approximate surface area is 115 Å². The number of anilines is 1. The zero-order valence-corrected chi connectivity index (χ0v) is 12.1. The maximum Gasteiger partial charge on any atom is 0.188 e. The first-order chi connectivity index (χ1) is 8.97. The fourth-order valence-corrected chi connectivity index (χ4v) is 1.54. The van der Waals surface area contributed by atoms with Crippen molar-refractivity contribution in [2.45, 2.75) is 39.2 Å². The Balaban J connectivity index is 2.10. The summed E-state index contributed by atoms with van der Waals surface area (Å²) < 4.78 is 0. The van der Waals surface area contributed by atoms with E-state index >= 15 is 0 Å². The molecule has 0 aliphatic rings. The second kappa shape index (κ2) is 7.61. The third-order valence-electron chi connectivity index (χ3n) is 2.34. The van der Waals surface area contributed by atoms with Crippen molar-refractivity contribution in [3.8, 4) is 0 Å². The van der Waals surface area contributed by atoms with E-state index in [1.165, 1.54) is 0 Å². The van der Waals surface area contributed by atoms with Crippen molar-refractivity contribution in [2.24, 2.45) is 10.7 Å². The zero-order valence-electron chi connectivity index (χ0n) is 12.1. The quantitative estimate of drug-likeness (QED) is 0.417. The summed E-state index contributed by atoms with van der Waals surface area (Å²) in [5, 5.41) is 6.40. The van der Waals surface area contributed by atoms with Crippen LogP contribution in [0.15, 0.2) is 29.4 Å². The molecule has 0 amide bonds. The van der Waals surface area contributed by atoms with E-state index < -0.39 is 0 Å². The van der Waals surface area contributed by atoms with Crippen LogP contribution in [0.4, 0.5) is 5.82 Å². The van der Waals surface area contributed by atoms with Gasteiger partial charge in [0, 0.05) is 24.8 Å². The molecule has 19 heavy (non-hydrogen) atoms. The number of hydrogen-bond acceptors (Lipinski definition) is 3. The highest BCUT2D eigenvalue weighted by molar-refractivity contribution is 5.78. The predicted molar refractivity (Wildman–Crippen MR) is 81.3 cm³/mol. The number of hydrogen-bond donors (Lipinski definition) is 3. The van der Waals surface area contributed by atoms with Crippen LogP contribution in [0.25, 0.3) is 0 Å². The summed E-state index contributed by atoms with van der Waals surface area (Å²) in [5.41, 5.74) is 5.75. The number of nitrogens with two attached hydrogens (primary N) is 1.